The van der Waals surface area contributed by atoms with Crippen molar-refractivity contribution in [2.75, 3.05) is 25.1 Å². The first kappa shape index (κ1) is 14.2. The molecule has 3 rings (SSSR count). The Bertz CT molecular complexity index is 604. The minimum Gasteiger partial charge on any atom is -0.488 e. The highest BCUT2D eigenvalue weighted by molar-refractivity contribution is 7.09. The van der Waals surface area contributed by atoms with Crippen molar-refractivity contribution in [3.63, 3.8) is 0 Å². The highest BCUT2D eigenvalue weighted by Gasteiger charge is 2.26. The number of aryl methyl sites for hydroxylation is 1. The second-order valence-electron chi connectivity index (χ2n) is 5.04. The van der Waals surface area contributed by atoms with E-state index in [9.17, 15) is 0 Å². The summed E-state index contributed by atoms with van der Waals surface area (Å²) in [6.07, 6.45) is 4.75. The van der Waals surface area contributed by atoms with Crippen LogP contribution in [0.1, 0.15) is 17.8 Å². The number of aromatic nitrogens is 3. The first-order valence-electron chi connectivity index (χ1n) is 6.90. The van der Waals surface area contributed by atoms with Gasteiger partial charge in [0.05, 0.1) is 6.54 Å². The molecule has 7 heteroatoms. The SMILES string of the molecule is COCc1nsc(N2CCC(Oc3ccncc3C)C2)n1. The van der Waals surface area contributed by atoms with Crippen LogP contribution in [0.3, 0.4) is 0 Å². The van der Waals surface area contributed by atoms with Crippen molar-refractivity contribution in [3.05, 3.63) is 29.8 Å². The van der Waals surface area contributed by atoms with E-state index in [1.165, 1.54) is 11.5 Å². The van der Waals surface area contributed by atoms with Crippen LogP contribution in [0.15, 0.2) is 18.5 Å². The number of hydrogen-bond acceptors (Lipinski definition) is 7. The maximum atomic E-state index is 6.06. The van der Waals surface area contributed by atoms with Gasteiger partial charge < -0.3 is 14.4 Å². The van der Waals surface area contributed by atoms with E-state index < -0.39 is 0 Å². The van der Waals surface area contributed by atoms with Crippen LogP contribution >= 0.6 is 11.5 Å². The molecule has 112 valence electrons. The van der Waals surface area contributed by atoms with Crippen molar-refractivity contribution in [1.82, 2.24) is 14.3 Å². The zero-order valence-electron chi connectivity index (χ0n) is 12.2. The summed E-state index contributed by atoms with van der Waals surface area (Å²) >= 11 is 1.42. The van der Waals surface area contributed by atoms with Crippen molar-refractivity contribution in [1.29, 1.82) is 0 Å². The average molecular weight is 306 g/mol. The molecular formula is C14H18N4O2S. The quantitative estimate of drug-likeness (QED) is 0.842. The fourth-order valence-electron chi connectivity index (χ4n) is 2.33. The lowest BCUT2D eigenvalue weighted by Crippen LogP contribution is -2.24. The first-order chi connectivity index (χ1) is 10.3. The van der Waals surface area contributed by atoms with E-state index in [2.05, 4.69) is 19.2 Å². The number of nitrogens with zero attached hydrogens (tertiary/aromatic N) is 4. The number of rotatable bonds is 5. The summed E-state index contributed by atoms with van der Waals surface area (Å²) in [6.45, 7) is 4.25. The molecule has 1 saturated heterocycles. The van der Waals surface area contributed by atoms with Gasteiger partial charge in [0.15, 0.2) is 5.82 Å². The Kier molecular flexibility index (Phi) is 4.31. The molecule has 2 aromatic rings. The van der Waals surface area contributed by atoms with Crippen LogP contribution in [0.2, 0.25) is 0 Å². The summed E-state index contributed by atoms with van der Waals surface area (Å²) < 4.78 is 15.4. The van der Waals surface area contributed by atoms with Crippen LogP contribution in [-0.4, -0.2) is 40.6 Å². The molecule has 0 N–H and O–H groups in total. The summed E-state index contributed by atoms with van der Waals surface area (Å²) in [4.78, 5) is 10.8. The van der Waals surface area contributed by atoms with Crippen molar-refractivity contribution in [2.24, 2.45) is 0 Å². The maximum Gasteiger partial charge on any atom is 0.205 e. The smallest absolute Gasteiger partial charge is 0.205 e. The number of ether oxygens (including phenoxy) is 2. The number of hydrogen-bond donors (Lipinski definition) is 0. The molecule has 0 spiro atoms. The van der Waals surface area contributed by atoms with E-state index in [0.717, 1.165) is 41.8 Å². The molecule has 0 aliphatic carbocycles. The zero-order chi connectivity index (χ0) is 14.7. The lowest BCUT2D eigenvalue weighted by Gasteiger charge is -2.16. The number of anilines is 1. The van der Waals surface area contributed by atoms with Crippen molar-refractivity contribution in [2.45, 2.75) is 26.1 Å². The van der Waals surface area contributed by atoms with Crippen LogP contribution in [0, 0.1) is 6.92 Å². The summed E-state index contributed by atoms with van der Waals surface area (Å²) in [6, 6.07) is 1.92. The molecule has 0 saturated carbocycles. The van der Waals surface area contributed by atoms with E-state index in [-0.39, 0.29) is 6.10 Å². The molecule has 0 amide bonds. The molecule has 1 unspecified atom stereocenters. The molecule has 1 atom stereocenters. The molecule has 0 bridgehead atoms. The van der Waals surface area contributed by atoms with Gasteiger partial charge in [-0.05, 0) is 13.0 Å². The van der Waals surface area contributed by atoms with Crippen LogP contribution < -0.4 is 9.64 Å². The van der Waals surface area contributed by atoms with E-state index in [0.29, 0.717) is 6.61 Å². The van der Waals surface area contributed by atoms with Gasteiger partial charge in [0.2, 0.25) is 5.13 Å². The Labute approximate surface area is 127 Å². The molecule has 3 heterocycles. The molecule has 0 radical (unpaired) electrons. The van der Waals surface area contributed by atoms with Gasteiger partial charge >= 0.3 is 0 Å². The maximum absolute atomic E-state index is 6.06. The molecule has 1 aliphatic heterocycles. The third-order valence-electron chi connectivity index (χ3n) is 3.41. The Hall–Kier alpha value is -1.73. The van der Waals surface area contributed by atoms with Crippen LogP contribution in [-0.2, 0) is 11.3 Å². The predicted octanol–water partition coefficient (Wildman–Crippen LogP) is 2.05. The molecule has 1 fully saturated rings. The summed E-state index contributed by atoms with van der Waals surface area (Å²) in [5.74, 6) is 1.65. The van der Waals surface area contributed by atoms with Gasteiger partial charge in [-0.25, -0.2) is 4.98 Å². The zero-order valence-corrected chi connectivity index (χ0v) is 13.0. The summed E-state index contributed by atoms with van der Waals surface area (Å²) in [7, 11) is 1.65. The fraction of sp³-hybridized carbons (Fsp3) is 0.500. The summed E-state index contributed by atoms with van der Waals surface area (Å²) in [5.41, 5.74) is 1.06. The van der Waals surface area contributed by atoms with Crippen LogP contribution in [0.4, 0.5) is 5.13 Å². The Morgan fingerprint density at radius 2 is 2.38 bits per heavy atom. The Morgan fingerprint density at radius 3 is 3.19 bits per heavy atom. The largest absolute Gasteiger partial charge is 0.488 e. The Balaban J connectivity index is 1.61. The van der Waals surface area contributed by atoms with Gasteiger partial charge in [0, 0.05) is 49.6 Å². The summed E-state index contributed by atoms with van der Waals surface area (Å²) in [5, 5.41) is 0.944. The fourth-order valence-corrected chi connectivity index (χ4v) is 3.04. The van der Waals surface area contributed by atoms with E-state index >= 15 is 0 Å². The lowest BCUT2D eigenvalue weighted by molar-refractivity contribution is 0.179. The van der Waals surface area contributed by atoms with Gasteiger partial charge in [-0.15, -0.1) is 0 Å². The standard InChI is InChI=1S/C14H18N4O2S/c1-10-7-15-5-3-12(10)20-11-4-6-18(8-11)14-16-13(9-19-2)17-21-14/h3,5,7,11H,4,6,8-9H2,1-2H3. The highest BCUT2D eigenvalue weighted by atomic mass is 32.1. The molecule has 0 aromatic carbocycles. The van der Waals surface area contributed by atoms with Crippen molar-refractivity contribution < 1.29 is 9.47 Å². The first-order valence-corrected chi connectivity index (χ1v) is 7.67. The van der Waals surface area contributed by atoms with Crippen LogP contribution in [0.5, 0.6) is 5.75 Å². The van der Waals surface area contributed by atoms with Crippen molar-refractivity contribution in [3.8, 4) is 5.75 Å². The van der Waals surface area contributed by atoms with Gasteiger partial charge in [-0.1, -0.05) is 0 Å². The lowest BCUT2D eigenvalue weighted by atomic mass is 10.2. The molecule has 6 nitrogen and oxygen atoms in total. The normalized spacial score (nSPS) is 18.2. The third kappa shape index (κ3) is 3.30. The number of pyridine rings is 1. The topological polar surface area (TPSA) is 60.4 Å². The number of methoxy groups -OCH3 is 1. The predicted molar refractivity (Wildman–Crippen MR) is 80.8 cm³/mol. The minimum atomic E-state index is 0.181. The van der Waals surface area contributed by atoms with E-state index in [4.69, 9.17) is 9.47 Å². The Morgan fingerprint density at radius 1 is 1.48 bits per heavy atom. The molecular weight excluding hydrogens is 288 g/mol. The second-order valence-corrected chi connectivity index (χ2v) is 5.77. The van der Waals surface area contributed by atoms with Crippen molar-refractivity contribution >= 4 is 16.7 Å². The average Bonchev–Trinajstić information content (AvgIpc) is 3.11. The van der Waals surface area contributed by atoms with Crippen LogP contribution in [0.25, 0.3) is 0 Å². The van der Waals surface area contributed by atoms with Gasteiger partial charge in [-0.2, -0.15) is 4.37 Å². The van der Waals surface area contributed by atoms with E-state index in [1.54, 1.807) is 13.3 Å². The van der Waals surface area contributed by atoms with Gasteiger partial charge in [-0.3, -0.25) is 4.98 Å². The molecule has 1 aliphatic rings. The van der Waals surface area contributed by atoms with Gasteiger partial charge in [0.1, 0.15) is 18.5 Å². The minimum absolute atomic E-state index is 0.181. The third-order valence-corrected chi connectivity index (χ3v) is 4.22. The highest BCUT2D eigenvalue weighted by Crippen LogP contribution is 2.26. The van der Waals surface area contributed by atoms with E-state index in [1.807, 2.05) is 19.2 Å². The van der Waals surface area contributed by atoms with Gasteiger partial charge in [0.25, 0.3) is 0 Å². The molecule has 21 heavy (non-hydrogen) atoms. The second kappa shape index (κ2) is 6.36. The monoisotopic (exact) mass is 306 g/mol. The molecule has 2 aromatic heterocycles.